The molecule has 238 valence electrons. The van der Waals surface area contributed by atoms with Crippen molar-refractivity contribution in [2.75, 3.05) is 37.5 Å². The fourth-order valence-corrected chi connectivity index (χ4v) is 6.35. The maximum absolute atomic E-state index is 12.4. The summed E-state index contributed by atoms with van der Waals surface area (Å²) < 4.78 is 10.8. The summed E-state index contributed by atoms with van der Waals surface area (Å²) in [6.07, 6.45) is 14.1. The number of allylic oxidation sites excluding steroid dienone is 3. The lowest BCUT2D eigenvalue weighted by Crippen LogP contribution is -2.36. The molecule has 0 unspecified atom stereocenters. The first-order chi connectivity index (χ1) is 21.1. The highest BCUT2D eigenvalue weighted by Gasteiger charge is 2.25. The molecule has 9 heteroatoms. The van der Waals surface area contributed by atoms with Gasteiger partial charge in [0.05, 0.1) is 24.3 Å². The third-order valence-corrected chi connectivity index (χ3v) is 8.71. The van der Waals surface area contributed by atoms with Crippen LogP contribution in [0.25, 0.3) is 16.4 Å². The van der Waals surface area contributed by atoms with Crippen LogP contribution in [0.15, 0.2) is 48.2 Å². The van der Waals surface area contributed by atoms with Crippen molar-refractivity contribution in [1.29, 1.82) is 0 Å². The monoisotopic (exact) mass is 622 g/mol. The third kappa shape index (κ3) is 8.16. The second kappa shape index (κ2) is 15.5. The summed E-state index contributed by atoms with van der Waals surface area (Å²) >= 11 is 6.99. The van der Waals surface area contributed by atoms with Crippen LogP contribution in [0.5, 0.6) is 5.75 Å². The summed E-state index contributed by atoms with van der Waals surface area (Å²) in [6.45, 7) is 6.84. The van der Waals surface area contributed by atoms with Crippen molar-refractivity contribution in [2.24, 2.45) is 11.8 Å². The number of aromatic carboxylic acids is 1. The smallest absolute Gasteiger partial charge is 0.411 e. The number of carboxylic acids is 1. The molecular formula is C35H45ClN3O5-. The molecule has 0 bridgehead atoms. The Morgan fingerprint density at radius 1 is 1.14 bits per heavy atom. The van der Waals surface area contributed by atoms with E-state index >= 15 is 0 Å². The number of hydrogen-bond acceptors (Lipinski definition) is 5. The van der Waals surface area contributed by atoms with E-state index in [0.717, 1.165) is 36.3 Å². The maximum Gasteiger partial charge on any atom is 0.411 e. The normalized spacial score (nSPS) is 15.9. The van der Waals surface area contributed by atoms with Crippen LogP contribution in [0.4, 0.5) is 16.2 Å². The predicted octanol–water partition coefficient (Wildman–Crippen LogP) is 9.22. The minimum Gasteiger partial charge on any atom is -0.661 e. The summed E-state index contributed by atoms with van der Waals surface area (Å²) in [5.74, 6) is -0.324. The summed E-state index contributed by atoms with van der Waals surface area (Å²) in [5.41, 5.74) is 4.27. The Bertz CT molecular complexity index is 1400. The van der Waals surface area contributed by atoms with Gasteiger partial charge in [0.2, 0.25) is 0 Å². The topological polar surface area (TPSA) is 102 Å². The van der Waals surface area contributed by atoms with Gasteiger partial charge in [-0.15, -0.1) is 6.04 Å². The Kier molecular flexibility index (Phi) is 11.8. The zero-order chi connectivity index (χ0) is 31.8. The lowest BCUT2D eigenvalue weighted by atomic mass is 9.83. The van der Waals surface area contributed by atoms with Crippen molar-refractivity contribution in [3.05, 3.63) is 69.7 Å². The number of carboxylic acid groups (broad SMARTS) is 1. The van der Waals surface area contributed by atoms with Crippen molar-refractivity contribution >= 4 is 35.0 Å². The van der Waals surface area contributed by atoms with Crippen LogP contribution in [0.1, 0.15) is 74.7 Å². The van der Waals surface area contributed by atoms with Crippen molar-refractivity contribution in [2.45, 2.75) is 71.8 Å². The number of methoxy groups -OCH3 is 1. The van der Waals surface area contributed by atoms with Gasteiger partial charge >= 0.3 is 12.1 Å². The van der Waals surface area contributed by atoms with Crippen LogP contribution in [-0.4, -0.2) is 50.5 Å². The number of amides is 1. The number of hydrogen-bond donors (Lipinski definition) is 2. The molecule has 4 rings (SSSR count). The van der Waals surface area contributed by atoms with E-state index < -0.39 is 12.1 Å². The number of ether oxygens (including phenoxy) is 2. The van der Waals surface area contributed by atoms with Crippen molar-refractivity contribution in [3.8, 4) is 16.9 Å². The summed E-state index contributed by atoms with van der Waals surface area (Å²) in [4.78, 5) is 27.1. The molecule has 0 saturated heterocycles. The van der Waals surface area contributed by atoms with Gasteiger partial charge in [-0.3, -0.25) is 5.32 Å². The number of aryl methyl sites for hydroxylation is 1. The first kappa shape index (κ1) is 33.4. The molecule has 1 atom stereocenters. The van der Waals surface area contributed by atoms with Crippen molar-refractivity contribution < 1.29 is 24.2 Å². The van der Waals surface area contributed by atoms with Gasteiger partial charge in [-0.05, 0) is 67.2 Å². The number of halogens is 1. The fourth-order valence-electron chi connectivity index (χ4n) is 6.08. The number of nitrogens with zero attached hydrogens (tertiary/aromatic N) is 2. The van der Waals surface area contributed by atoms with E-state index in [1.54, 1.807) is 6.07 Å². The van der Waals surface area contributed by atoms with Crippen LogP contribution in [0, 0.1) is 18.8 Å². The molecule has 2 N–H and O–H groups in total. The lowest BCUT2D eigenvalue weighted by Gasteiger charge is -2.43. The highest BCUT2D eigenvalue weighted by atomic mass is 35.5. The van der Waals surface area contributed by atoms with Gasteiger partial charge in [-0.25, -0.2) is 9.59 Å². The molecule has 1 amide bonds. The molecular weight excluding hydrogens is 578 g/mol. The zero-order valence-corrected chi connectivity index (χ0v) is 27.2. The number of carbonyl (C=O) groups is 2. The highest BCUT2D eigenvalue weighted by Crippen LogP contribution is 2.41. The molecule has 2 aromatic rings. The van der Waals surface area contributed by atoms with E-state index in [1.807, 2.05) is 40.0 Å². The molecule has 2 aromatic carbocycles. The minimum absolute atomic E-state index is 0.0289. The summed E-state index contributed by atoms with van der Waals surface area (Å²) in [6, 6.07) is 7.35. The van der Waals surface area contributed by atoms with Crippen molar-refractivity contribution in [1.82, 2.24) is 0 Å². The van der Waals surface area contributed by atoms with E-state index in [9.17, 15) is 14.7 Å². The van der Waals surface area contributed by atoms with E-state index in [0.29, 0.717) is 22.1 Å². The fraction of sp³-hybridized carbons (Fsp3) is 0.486. The van der Waals surface area contributed by atoms with Gasteiger partial charge in [0.15, 0.2) is 0 Å². The molecule has 0 aromatic heterocycles. The average Bonchev–Trinajstić information content (AvgIpc) is 3.02. The Morgan fingerprint density at radius 3 is 2.50 bits per heavy atom. The number of anilines is 2. The van der Waals surface area contributed by atoms with Crippen LogP contribution in [-0.2, 0) is 4.74 Å². The molecule has 0 heterocycles. The molecule has 1 saturated carbocycles. The van der Waals surface area contributed by atoms with Crippen LogP contribution in [0.3, 0.4) is 0 Å². The van der Waals surface area contributed by atoms with Gasteiger partial charge in [0.25, 0.3) is 0 Å². The van der Waals surface area contributed by atoms with Crippen LogP contribution >= 0.6 is 11.6 Å². The van der Waals surface area contributed by atoms with Gasteiger partial charge in [0.1, 0.15) is 11.4 Å². The molecule has 0 radical (unpaired) electrons. The Balaban J connectivity index is 1.72. The quantitative estimate of drug-likeness (QED) is 0.245. The molecule has 8 nitrogen and oxygen atoms in total. The SMILES string of the molecule is C[N-][C@@H](CN(C1=CCCC=C1)c1cc(Cl)c(-c2cc(OC)c(NC(=O)OCC(C)C)c(C(=O)O)c2)cc1C)C1CCCCC1. The number of rotatable bonds is 12. The van der Waals surface area contributed by atoms with Crippen LogP contribution < -0.4 is 15.0 Å². The van der Waals surface area contributed by atoms with E-state index in [-0.39, 0.29) is 35.6 Å². The predicted molar refractivity (Wildman–Crippen MR) is 178 cm³/mol. The lowest BCUT2D eigenvalue weighted by molar-refractivity contribution is 0.0697. The van der Waals surface area contributed by atoms with Gasteiger partial charge in [-0.2, -0.15) is 7.05 Å². The second-order valence-corrected chi connectivity index (χ2v) is 12.5. The van der Waals surface area contributed by atoms with Crippen molar-refractivity contribution in [3.63, 3.8) is 0 Å². The highest BCUT2D eigenvalue weighted by molar-refractivity contribution is 6.33. The summed E-state index contributed by atoms with van der Waals surface area (Å²) in [5, 5.41) is 18.0. The largest absolute Gasteiger partial charge is 0.661 e. The molecule has 2 aliphatic rings. The van der Waals surface area contributed by atoms with Gasteiger partial charge in [-0.1, -0.05) is 75.6 Å². The van der Waals surface area contributed by atoms with Gasteiger partial charge in [0, 0.05) is 23.5 Å². The maximum atomic E-state index is 12.4. The first-order valence-corrected chi connectivity index (χ1v) is 15.9. The zero-order valence-electron chi connectivity index (χ0n) is 26.5. The Morgan fingerprint density at radius 2 is 1.89 bits per heavy atom. The molecule has 2 aliphatic carbocycles. The first-order valence-electron chi connectivity index (χ1n) is 15.6. The summed E-state index contributed by atoms with van der Waals surface area (Å²) in [7, 11) is 3.36. The second-order valence-electron chi connectivity index (χ2n) is 12.1. The molecule has 0 aliphatic heterocycles. The average molecular weight is 623 g/mol. The molecule has 1 fully saturated rings. The standard InChI is InChI=1S/C35H45ClN3O5/c1-22(2)21-44-35(42)38-33-28(34(40)41)17-25(18-32(33)43-5)27-16-23(3)31(19-29(27)36)39(26-14-10-7-11-15-26)20-30(37-4)24-12-8-6-9-13-24/h10,14-19,22,24,30H,6-9,11-13,20-21H2,1-5H3,(H,38,42)(H,40,41)/q-1/t30-/m0/s1. The molecule has 0 spiro atoms. The number of carbonyl (C=O) groups excluding carboxylic acids is 1. The Labute approximate surface area is 266 Å². The van der Waals surface area contributed by atoms with E-state index in [4.69, 9.17) is 26.4 Å². The number of benzene rings is 2. The third-order valence-electron chi connectivity index (χ3n) is 8.40. The minimum atomic E-state index is -1.21. The number of likely N-dealkylation sites (N-methyl/N-ethyl adjacent to an activating group) is 1. The Hall–Kier alpha value is -3.49. The number of nitrogens with one attached hydrogen (secondary N) is 1. The molecule has 44 heavy (non-hydrogen) atoms. The van der Waals surface area contributed by atoms with E-state index in [1.165, 1.54) is 45.3 Å². The van der Waals surface area contributed by atoms with Gasteiger partial charge < -0.3 is 24.8 Å². The van der Waals surface area contributed by atoms with Crippen LogP contribution in [0.2, 0.25) is 5.02 Å². The van der Waals surface area contributed by atoms with E-state index in [2.05, 4.69) is 28.4 Å².